The van der Waals surface area contributed by atoms with E-state index in [0.29, 0.717) is 23.5 Å². The van der Waals surface area contributed by atoms with E-state index in [1.807, 2.05) is 57.2 Å². The first-order valence-electron chi connectivity index (χ1n) is 8.75. The molecule has 0 aliphatic heterocycles. The molecule has 0 spiro atoms. The first-order valence-corrected chi connectivity index (χ1v) is 8.75. The molecular weight excluding hydrogens is 364 g/mol. The van der Waals surface area contributed by atoms with Crippen LogP contribution < -0.4 is 21.3 Å². The van der Waals surface area contributed by atoms with E-state index in [0.717, 1.165) is 12.1 Å². The zero-order valence-electron chi connectivity index (χ0n) is 15.8. The maximum absolute atomic E-state index is 12.3. The molecule has 0 saturated heterocycles. The molecule has 0 heterocycles. The van der Waals surface area contributed by atoms with Crippen LogP contribution >= 0.6 is 12.4 Å². The summed E-state index contributed by atoms with van der Waals surface area (Å²) in [6, 6.07) is 14.3. The van der Waals surface area contributed by atoms with Crippen molar-refractivity contribution in [2.45, 2.75) is 26.8 Å². The second kappa shape index (κ2) is 11.2. The van der Waals surface area contributed by atoms with Gasteiger partial charge in [-0.25, -0.2) is 4.79 Å². The van der Waals surface area contributed by atoms with Crippen molar-refractivity contribution in [3.63, 3.8) is 0 Å². The molecule has 146 valence electrons. The van der Waals surface area contributed by atoms with Crippen molar-refractivity contribution < 1.29 is 9.59 Å². The lowest BCUT2D eigenvalue weighted by Gasteiger charge is -2.14. The summed E-state index contributed by atoms with van der Waals surface area (Å²) in [5, 5.41) is 11.7. The fourth-order valence-corrected chi connectivity index (χ4v) is 2.47. The van der Waals surface area contributed by atoms with Gasteiger partial charge in [-0.3, -0.25) is 4.79 Å². The van der Waals surface area contributed by atoms with Crippen LogP contribution in [0.3, 0.4) is 0 Å². The molecule has 0 fully saturated rings. The molecule has 0 aliphatic carbocycles. The molecule has 0 saturated carbocycles. The maximum atomic E-state index is 12.3. The van der Waals surface area contributed by atoms with Gasteiger partial charge in [-0.2, -0.15) is 0 Å². The number of nitrogens with one attached hydrogen (secondary N) is 4. The van der Waals surface area contributed by atoms with Gasteiger partial charge in [-0.05, 0) is 50.2 Å². The van der Waals surface area contributed by atoms with Gasteiger partial charge in [0.1, 0.15) is 0 Å². The molecule has 27 heavy (non-hydrogen) atoms. The van der Waals surface area contributed by atoms with Crippen molar-refractivity contribution >= 4 is 35.7 Å². The minimum absolute atomic E-state index is 0. The van der Waals surface area contributed by atoms with Crippen molar-refractivity contribution in [3.05, 3.63) is 59.7 Å². The summed E-state index contributed by atoms with van der Waals surface area (Å²) in [7, 11) is 0. The van der Waals surface area contributed by atoms with Crippen LogP contribution in [0.1, 0.15) is 29.8 Å². The monoisotopic (exact) mass is 390 g/mol. The van der Waals surface area contributed by atoms with Gasteiger partial charge in [0.2, 0.25) is 0 Å². The quantitative estimate of drug-likeness (QED) is 0.580. The number of benzene rings is 2. The molecule has 2 aromatic carbocycles. The molecule has 0 unspecified atom stereocenters. The minimum atomic E-state index is -0.349. The largest absolute Gasteiger partial charge is 0.350 e. The molecule has 7 heteroatoms. The number of rotatable bonds is 7. The highest BCUT2D eigenvalue weighted by Crippen LogP contribution is 2.17. The Labute approximate surface area is 166 Å². The Morgan fingerprint density at radius 3 is 2.41 bits per heavy atom. The Balaban J connectivity index is 0.00000364. The number of halogens is 1. The molecule has 1 atom stereocenters. The van der Waals surface area contributed by atoms with Crippen molar-refractivity contribution in [2.75, 3.05) is 23.7 Å². The summed E-state index contributed by atoms with van der Waals surface area (Å²) in [5.74, 6) is -0.165. The third-order valence-electron chi connectivity index (χ3n) is 3.90. The van der Waals surface area contributed by atoms with Gasteiger partial charge in [0.15, 0.2) is 0 Å². The van der Waals surface area contributed by atoms with E-state index in [1.165, 1.54) is 0 Å². The number of hydrogen-bond donors (Lipinski definition) is 4. The van der Waals surface area contributed by atoms with Crippen LogP contribution in [-0.2, 0) is 0 Å². The molecule has 4 N–H and O–H groups in total. The van der Waals surface area contributed by atoms with Crippen molar-refractivity contribution in [1.29, 1.82) is 0 Å². The number of likely N-dealkylation sites (N-methyl/N-ethyl adjacent to an activating group) is 1. The maximum Gasteiger partial charge on any atom is 0.323 e. The van der Waals surface area contributed by atoms with E-state index in [2.05, 4.69) is 21.3 Å². The van der Waals surface area contributed by atoms with Gasteiger partial charge >= 0.3 is 6.03 Å². The Bertz CT molecular complexity index is 753. The highest BCUT2D eigenvalue weighted by Gasteiger charge is 2.11. The third kappa shape index (κ3) is 7.29. The molecular formula is C20H27ClN4O2. The predicted molar refractivity (Wildman–Crippen MR) is 113 cm³/mol. The van der Waals surface area contributed by atoms with Crippen LogP contribution in [0.5, 0.6) is 0 Å². The van der Waals surface area contributed by atoms with Crippen molar-refractivity contribution in [3.8, 4) is 0 Å². The van der Waals surface area contributed by atoms with E-state index in [-0.39, 0.29) is 30.4 Å². The van der Waals surface area contributed by atoms with E-state index >= 15 is 0 Å². The summed E-state index contributed by atoms with van der Waals surface area (Å²) < 4.78 is 0. The first kappa shape index (κ1) is 22.5. The van der Waals surface area contributed by atoms with E-state index in [9.17, 15) is 9.59 Å². The second-order valence-corrected chi connectivity index (χ2v) is 6.14. The van der Waals surface area contributed by atoms with E-state index in [1.54, 1.807) is 12.1 Å². The standard InChI is InChI=1S/C20H26N4O2.ClH/c1-4-21-15(3)13-22-19(25)16-11-10-14(2)18(12-16)24-20(26)23-17-8-6-5-7-9-17;/h5-12,15,21H,4,13H2,1-3H3,(H,22,25)(H2,23,24,26);1H/t15-;/m1./s1. The fourth-order valence-electron chi connectivity index (χ4n) is 2.47. The van der Waals surface area contributed by atoms with Gasteiger partial charge in [0, 0.05) is 29.5 Å². The van der Waals surface area contributed by atoms with E-state index in [4.69, 9.17) is 0 Å². The Morgan fingerprint density at radius 2 is 1.74 bits per heavy atom. The normalized spacial score (nSPS) is 11.1. The molecule has 0 aromatic heterocycles. The first-order chi connectivity index (χ1) is 12.5. The van der Waals surface area contributed by atoms with Crippen LogP contribution in [-0.4, -0.2) is 31.1 Å². The van der Waals surface area contributed by atoms with Crippen LogP contribution in [0.2, 0.25) is 0 Å². The van der Waals surface area contributed by atoms with Gasteiger partial charge in [-0.1, -0.05) is 31.2 Å². The Hall–Kier alpha value is -2.57. The molecule has 0 bridgehead atoms. The van der Waals surface area contributed by atoms with Gasteiger partial charge in [0.25, 0.3) is 5.91 Å². The highest BCUT2D eigenvalue weighted by atomic mass is 35.5. The summed E-state index contributed by atoms with van der Waals surface area (Å²) in [6.07, 6.45) is 0. The summed E-state index contributed by atoms with van der Waals surface area (Å²) in [4.78, 5) is 24.5. The number of para-hydroxylation sites is 1. The lowest BCUT2D eigenvalue weighted by atomic mass is 10.1. The molecule has 0 aliphatic rings. The second-order valence-electron chi connectivity index (χ2n) is 6.14. The zero-order valence-corrected chi connectivity index (χ0v) is 16.7. The van der Waals surface area contributed by atoms with Gasteiger partial charge in [-0.15, -0.1) is 12.4 Å². The highest BCUT2D eigenvalue weighted by molar-refractivity contribution is 6.02. The molecule has 3 amide bonds. The SMILES string of the molecule is CCN[C@H](C)CNC(=O)c1ccc(C)c(NC(=O)Nc2ccccc2)c1.Cl. The predicted octanol–water partition coefficient (Wildman–Crippen LogP) is 3.79. The topological polar surface area (TPSA) is 82.3 Å². The smallest absolute Gasteiger partial charge is 0.323 e. The van der Waals surface area contributed by atoms with Crippen LogP contribution in [0.25, 0.3) is 0 Å². The Kier molecular flexibility index (Phi) is 9.33. The van der Waals surface area contributed by atoms with Crippen LogP contribution in [0.4, 0.5) is 16.2 Å². The minimum Gasteiger partial charge on any atom is -0.350 e. The molecule has 2 rings (SSSR count). The summed E-state index contributed by atoms with van der Waals surface area (Å²) in [5.41, 5.74) is 2.69. The third-order valence-corrected chi connectivity index (χ3v) is 3.90. The van der Waals surface area contributed by atoms with Gasteiger partial charge in [0.05, 0.1) is 0 Å². The average molecular weight is 391 g/mol. The number of carbonyl (C=O) groups excluding carboxylic acids is 2. The number of amides is 3. The Morgan fingerprint density at radius 1 is 1.04 bits per heavy atom. The number of hydrogen-bond acceptors (Lipinski definition) is 3. The van der Waals surface area contributed by atoms with Crippen LogP contribution in [0.15, 0.2) is 48.5 Å². The average Bonchev–Trinajstić information content (AvgIpc) is 2.62. The number of urea groups is 1. The molecule has 2 aromatic rings. The number of anilines is 2. The molecule has 6 nitrogen and oxygen atoms in total. The number of aryl methyl sites for hydroxylation is 1. The lowest BCUT2D eigenvalue weighted by Crippen LogP contribution is -2.38. The lowest BCUT2D eigenvalue weighted by molar-refractivity contribution is 0.0950. The number of carbonyl (C=O) groups is 2. The van der Waals surface area contributed by atoms with Crippen molar-refractivity contribution in [1.82, 2.24) is 10.6 Å². The molecule has 0 radical (unpaired) electrons. The van der Waals surface area contributed by atoms with Crippen molar-refractivity contribution in [2.24, 2.45) is 0 Å². The summed E-state index contributed by atoms with van der Waals surface area (Å²) >= 11 is 0. The van der Waals surface area contributed by atoms with Gasteiger partial charge < -0.3 is 21.3 Å². The summed E-state index contributed by atoms with van der Waals surface area (Å²) in [6.45, 7) is 7.31. The van der Waals surface area contributed by atoms with Crippen LogP contribution in [0, 0.1) is 6.92 Å². The fraction of sp³-hybridized carbons (Fsp3) is 0.300. The van der Waals surface area contributed by atoms with E-state index < -0.39 is 0 Å². The zero-order chi connectivity index (χ0) is 18.9.